The predicted octanol–water partition coefficient (Wildman–Crippen LogP) is -3.78. The summed E-state index contributed by atoms with van der Waals surface area (Å²) in [5.74, 6) is -13.9. The SMILES string of the molecule is CC[C@H](C)[C@@H]1NC(=O)CNC(=O)C2Cc3c([nH]c4ccccc34)SCC(NC(=O)CNC1=O)C(=O)N[C@@H](CC(=O)NCc1ccc(NC(=O)[C@H](C)NC(=O)C(NC(=O)CCN3C(=O)CC(S)C3=O)C(C)C)cc1)C(=O)N1C[C@H](O)CC1C(=O)N[C@@H]([C@@H](C)[C@@H](O)CO)C(=O)N2. The molecule has 4 aliphatic rings. The number of hydrogen-bond donors (Lipinski definition) is 16. The van der Waals surface area contributed by atoms with Gasteiger partial charge in [-0.3, -0.25) is 72.0 Å². The average Bonchev–Trinajstić information content (AvgIpc) is 1.64. The number of rotatable bonds is 18. The number of aliphatic hydroxyl groups excluding tert-OH is 3. The van der Waals surface area contributed by atoms with E-state index in [1.807, 2.05) is 0 Å². The minimum atomic E-state index is -1.84. The van der Waals surface area contributed by atoms with E-state index in [0.717, 1.165) is 21.6 Å². The number of carbonyl (C=O) groups is 14. The average molecular weight is 1350 g/mol. The first kappa shape index (κ1) is 72.8. The van der Waals surface area contributed by atoms with E-state index >= 15 is 4.79 Å². The molecule has 1 aromatic heterocycles. The fraction of sp³-hybridized carbons (Fsp3) is 0.541. The standard InChI is InChI=1S/C61H82N14O17S2/c1-7-29(4)50-56(88)64-23-46(81)67-40-27-94-59-36(35-10-8-9-11-37(35)70-59)19-38(53(85)63-24-47(82)72-50)68-58(90)51(30(5)42(78)26-76)73-55(87)41-18-34(77)25-75(41)60(91)39(69-54(40)86)20-45(80)62-22-32-12-14-33(15-13-32)66-52(84)31(6)65-57(89)49(28(2)3)71-44(79)16-17-74-48(83)21-43(93)61(74)92/h8-15,28-31,34,38-43,49-51,70,76-78,93H,7,16-27H2,1-6H3,(H,62,80)(H,63,85)(H,64,88)(H,65,89)(H,66,84)(H,67,81)(H,68,90)(H,69,86)(H,71,79)(H,72,82)(H,73,87)/t29-,30-,31-,34+,38?,39-,40?,41?,42-,43?,49?,50-,51-/m0/s1. The topological polar surface area (TPSA) is 454 Å². The van der Waals surface area contributed by atoms with Gasteiger partial charge in [0.2, 0.25) is 82.7 Å². The summed E-state index contributed by atoms with van der Waals surface area (Å²) in [5, 5.41) is 60.8. The van der Waals surface area contributed by atoms with Gasteiger partial charge in [-0.2, -0.15) is 12.6 Å². The van der Waals surface area contributed by atoms with Gasteiger partial charge in [-0.1, -0.05) is 71.4 Å². The number of thioether (sulfide) groups is 1. The van der Waals surface area contributed by atoms with Crippen LogP contribution in [0.2, 0.25) is 0 Å². The van der Waals surface area contributed by atoms with Crippen molar-refractivity contribution >= 4 is 124 Å². The quantitative estimate of drug-likeness (QED) is 0.0429. The molecule has 7 rings (SSSR count). The number of aromatic nitrogens is 1. The maximum atomic E-state index is 15.0. The van der Waals surface area contributed by atoms with Gasteiger partial charge in [-0.25, -0.2) is 0 Å². The number of likely N-dealkylation sites (tertiary alicyclic amines) is 1. The highest BCUT2D eigenvalue weighted by molar-refractivity contribution is 7.99. The zero-order valence-corrected chi connectivity index (χ0v) is 54.4. The Hall–Kier alpha value is -8.66. The number of anilines is 1. The van der Waals surface area contributed by atoms with E-state index in [-0.39, 0.29) is 43.8 Å². The molecule has 3 aromatic rings. The molecule has 0 aliphatic carbocycles. The lowest BCUT2D eigenvalue weighted by atomic mass is 9.93. The maximum Gasteiger partial charge on any atom is 0.246 e. The van der Waals surface area contributed by atoms with Crippen molar-refractivity contribution in [2.75, 3.05) is 43.9 Å². The van der Waals surface area contributed by atoms with E-state index in [0.29, 0.717) is 33.5 Å². The smallest absolute Gasteiger partial charge is 0.246 e. The summed E-state index contributed by atoms with van der Waals surface area (Å²) in [6.07, 6.45) is -4.57. The zero-order chi connectivity index (χ0) is 68.8. The minimum absolute atomic E-state index is 0.0822. The van der Waals surface area contributed by atoms with Gasteiger partial charge in [0, 0.05) is 73.6 Å². The number of aliphatic hydroxyl groups is 3. The zero-order valence-electron chi connectivity index (χ0n) is 52.7. The van der Waals surface area contributed by atoms with Gasteiger partial charge in [0.15, 0.2) is 0 Å². The van der Waals surface area contributed by atoms with Crippen molar-refractivity contribution < 1.29 is 82.4 Å². The van der Waals surface area contributed by atoms with Crippen LogP contribution in [0.1, 0.15) is 84.8 Å². The summed E-state index contributed by atoms with van der Waals surface area (Å²) in [5.41, 5.74) is 1.68. The predicted molar refractivity (Wildman–Crippen MR) is 341 cm³/mol. The number of aromatic amines is 1. The fourth-order valence-corrected chi connectivity index (χ4v) is 12.4. The molecule has 31 nitrogen and oxygen atoms in total. The minimum Gasteiger partial charge on any atom is -0.394 e. The lowest BCUT2D eigenvalue weighted by Gasteiger charge is -2.33. The Labute approximate surface area is 550 Å². The molecule has 2 saturated heterocycles. The van der Waals surface area contributed by atoms with Crippen LogP contribution in [0, 0.1) is 17.8 Å². The van der Waals surface area contributed by atoms with Crippen molar-refractivity contribution in [2.24, 2.45) is 17.8 Å². The monoisotopic (exact) mass is 1350 g/mol. The highest BCUT2D eigenvalue weighted by atomic mass is 32.2. The first-order chi connectivity index (χ1) is 44.6. The molecule has 5 unspecified atom stereocenters. The van der Waals surface area contributed by atoms with E-state index in [9.17, 15) is 77.6 Å². The van der Waals surface area contributed by atoms with Crippen LogP contribution in [0.25, 0.3) is 10.9 Å². The third-order valence-corrected chi connectivity index (χ3v) is 18.3. The summed E-state index contributed by atoms with van der Waals surface area (Å²) in [7, 11) is 0. The molecule has 0 saturated carbocycles. The molecule has 14 amide bonds. The maximum absolute atomic E-state index is 15.0. The van der Waals surface area contributed by atoms with Crippen molar-refractivity contribution in [1.82, 2.24) is 68.0 Å². The van der Waals surface area contributed by atoms with E-state index < -0.39 is 205 Å². The van der Waals surface area contributed by atoms with Gasteiger partial charge in [-0.15, -0.1) is 11.8 Å². The number of H-pyrrole nitrogens is 1. The van der Waals surface area contributed by atoms with Crippen LogP contribution in [-0.4, -0.2) is 217 Å². The van der Waals surface area contributed by atoms with E-state index in [1.54, 1.807) is 64.1 Å². The van der Waals surface area contributed by atoms with Crippen LogP contribution in [0.3, 0.4) is 0 Å². The third kappa shape index (κ3) is 18.8. The Morgan fingerprint density at radius 3 is 2.07 bits per heavy atom. The van der Waals surface area contributed by atoms with E-state index in [4.69, 9.17) is 0 Å². The first-order valence-electron chi connectivity index (χ1n) is 30.9. The van der Waals surface area contributed by atoms with Gasteiger partial charge in [0.05, 0.1) is 48.6 Å². The summed E-state index contributed by atoms with van der Waals surface area (Å²) >= 11 is 5.07. The molecular weight excluding hydrogens is 1260 g/mol. The molecule has 13 atom stereocenters. The van der Waals surface area contributed by atoms with Gasteiger partial charge in [0.1, 0.15) is 48.3 Å². The molecule has 2 aromatic carbocycles. The fourth-order valence-electron chi connectivity index (χ4n) is 11.0. The van der Waals surface area contributed by atoms with E-state index in [1.165, 1.54) is 26.0 Å². The Balaban J connectivity index is 1.13. The van der Waals surface area contributed by atoms with Crippen LogP contribution in [-0.2, 0) is 80.1 Å². The summed E-state index contributed by atoms with van der Waals surface area (Å²) in [4.78, 5) is 198. The second-order valence-corrected chi connectivity index (χ2v) is 25.8. The molecule has 4 aliphatic heterocycles. The molecule has 5 heterocycles. The van der Waals surface area contributed by atoms with Gasteiger partial charge in [-0.05, 0) is 48.1 Å². The summed E-state index contributed by atoms with van der Waals surface area (Å²) < 4.78 is 0. The lowest BCUT2D eigenvalue weighted by Crippen LogP contribution is -2.62. The number of amides is 14. The molecule has 33 heteroatoms. The number of fused-ring (bicyclic) bond motifs is 5. The van der Waals surface area contributed by atoms with Crippen molar-refractivity contribution in [3.05, 3.63) is 59.7 Å². The highest BCUT2D eigenvalue weighted by Gasteiger charge is 2.45. The van der Waals surface area contributed by atoms with Crippen molar-refractivity contribution in [1.29, 1.82) is 0 Å². The van der Waals surface area contributed by atoms with Crippen LogP contribution >= 0.6 is 24.4 Å². The Morgan fingerprint density at radius 1 is 0.734 bits per heavy atom. The molecule has 94 heavy (non-hydrogen) atoms. The molecule has 510 valence electrons. The lowest BCUT2D eigenvalue weighted by molar-refractivity contribution is -0.144. The number of hydrogen-bond acceptors (Lipinski definition) is 19. The Kier molecular flexibility index (Phi) is 25.5. The number of para-hydroxylation sites is 1. The second kappa shape index (κ2) is 32.9. The molecule has 2 fully saturated rings. The first-order valence-corrected chi connectivity index (χ1v) is 32.4. The number of thiol groups is 1. The molecular formula is C61H82N14O17S2. The third-order valence-electron chi connectivity index (χ3n) is 16.8. The molecule has 15 N–H and O–H groups in total. The largest absolute Gasteiger partial charge is 0.394 e. The van der Waals surface area contributed by atoms with Gasteiger partial charge in [0.25, 0.3) is 0 Å². The summed E-state index contributed by atoms with van der Waals surface area (Å²) in [6.45, 7) is 6.32. The number of carbonyl (C=O) groups excluding carboxylic acids is 14. The normalized spacial score (nSPS) is 24.6. The van der Waals surface area contributed by atoms with Crippen LogP contribution in [0.5, 0.6) is 0 Å². The highest BCUT2D eigenvalue weighted by Crippen LogP contribution is 2.32. The van der Waals surface area contributed by atoms with Crippen molar-refractivity contribution in [2.45, 2.75) is 157 Å². The molecule has 0 radical (unpaired) electrons. The van der Waals surface area contributed by atoms with Crippen LogP contribution in [0.4, 0.5) is 5.69 Å². The number of imide groups is 1. The van der Waals surface area contributed by atoms with Gasteiger partial charge >= 0.3 is 0 Å². The van der Waals surface area contributed by atoms with Crippen LogP contribution in [0.15, 0.2) is 53.6 Å². The second-order valence-electron chi connectivity index (χ2n) is 24.1. The Bertz CT molecular complexity index is 3390. The number of nitrogens with one attached hydrogen (secondary N) is 12. The number of benzene rings is 2. The summed E-state index contributed by atoms with van der Waals surface area (Å²) in [6, 6.07) is 1.17. The van der Waals surface area contributed by atoms with Crippen LogP contribution < -0.4 is 58.5 Å². The van der Waals surface area contributed by atoms with E-state index in [2.05, 4.69) is 76.1 Å². The molecule has 2 bridgehead atoms. The number of nitrogens with zero attached hydrogens (tertiary/aromatic N) is 2. The molecule has 0 spiro atoms. The van der Waals surface area contributed by atoms with Gasteiger partial charge < -0.3 is 83.7 Å². The van der Waals surface area contributed by atoms with Crippen molar-refractivity contribution in [3.8, 4) is 0 Å². The Morgan fingerprint density at radius 2 is 1.41 bits per heavy atom. The van der Waals surface area contributed by atoms with Crippen molar-refractivity contribution in [3.63, 3.8) is 0 Å².